The van der Waals surface area contributed by atoms with Crippen molar-refractivity contribution in [2.45, 2.75) is 26.1 Å². The van der Waals surface area contributed by atoms with Gasteiger partial charge in [0.15, 0.2) is 0 Å². The Labute approximate surface area is 118 Å². The van der Waals surface area contributed by atoms with Crippen molar-refractivity contribution in [2.24, 2.45) is 0 Å². The molecule has 0 fully saturated rings. The van der Waals surface area contributed by atoms with E-state index in [9.17, 15) is 4.79 Å². The van der Waals surface area contributed by atoms with E-state index in [1.807, 2.05) is 6.92 Å². The Morgan fingerprint density at radius 1 is 1.47 bits per heavy atom. The van der Waals surface area contributed by atoms with E-state index in [4.69, 9.17) is 26.8 Å². The van der Waals surface area contributed by atoms with E-state index in [-0.39, 0.29) is 12.0 Å². The molecule has 0 aliphatic carbocycles. The normalized spacial score (nSPS) is 13.9. The van der Waals surface area contributed by atoms with E-state index < -0.39 is 6.10 Å². The van der Waals surface area contributed by atoms with Crippen LogP contribution in [-0.4, -0.2) is 31.8 Å². The van der Waals surface area contributed by atoms with Gasteiger partial charge in [0.2, 0.25) is 0 Å². The molecule has 106 valence electrons. The summed E-state index contributed by atoms with van der Waals surface area (Å²) in [7, 11) is 1.58. The number of methoxy groups -OCH3 is 1. The molecule has 5 nitrogen and oxygen atoms in total. The predicted molar refractivity (Wildman–Crippen MR) is 76.4 cm³/mol. The number of hydrogen-bond donors (Lipinski definition) is 2. The van der Waals surface area contributed by atoms with Crippen molar-refractivity contribution < 1.29 is 14.3 Å². The number of benzene rings is 1. The second-order valence-electron chi connectivity index (χ2n) is 4.27. The Balaban J connectivity index is 2.58. The summed E-state index contributed by atoms with van der Waals surface area (Å²) < 4.78 is 10.4. The van der Waals surface area contributed by atoms with E-state index in [1.165, 1.54) is 0 Å². The molecule has 0 saturated carbocycles. The first-order valence-corrected chi connectivity index (χ1v) is 6.32. The summed E-state index contributed by atoms with van der Waals surface area (Å²) >= 11 is 5.98. The summed E-state index contributed by atoms with van der Waals surface area (Å²) in [5.41, 5.74) is 6.63. The summed E-state index contributed by atoms with van der Waals surface area (Å²) in [5, 5.41) is 3.09. The van der Waals surface area contributed by atoms with Crippen LogP contribution in [0.25, 0.3) is 0 Å². The molecule has 2 atom stereocenters. The molecular weight excluding hydrogens is 268 g/mol. The lowest BCUT2D eigenvalue weighted by molar-refractivity contribution is -0.131. The highest BCUT2D eigenvalue weighted by atomic mass is 35.5. The van der Waals surface area contributed by atoms with E-state index in [1.54, 1.807) is 32.2 Å². The van der Waals surface area contributed by atoms with Gasteiger partial charge in [0.05, 0.1) is 23.4 Å². The number of anilines is 2. The van der Waals surface area contributed by atoms with Crippen molar-refractivity contribution in [3.8, 4) is 0 Å². The third-order valence-electron chi connectivity index (χ3n) is 2.46. The van der Waals surface area contributed by atoms with Crippen molar-refractivity contribution in [2.75, 3.05) is 24.8 Å². The van der Waals surface area contributed by atoms with Gasteiger partial charge in [-0.05, 0) is 32.0 Å². The van der Waals surface area contributed by atoms with Crippen LogP contribution in [0.3, 0.4) is 0 Å². The van der Waals surface area contributed by atoms with Crippen molar-refractivity contribution in [1.82, 2.24) is 0 Å². The molecule has 3 N–H and O–H groups in total. The summed E-state index contributed by atoms with van der Waals surface area (Å²) in [6.45, 7) is 3.94. The average Bonchev–Trinajstić information content (AvgIpc) is 2.32. The lowest BCUT2D eigenvalue weighted by Gasteiger charge is -2.18. The standard InChI is InChI=1S/C13H19ClN2O3/c1-8(7-18-3)19-9(2)13(17)16-12-5-4-10(15)6-11(12)14/h4-6,8-9H,7,15H2,1-3H3,(H,16,17). The molecule has 2 unspecified atom stereocenters. The first-order valence-electron chi connectivity index (χ1n) is 5.94. The molecule has 0 saturated heterocycles. The minimum atomic E-state index is -0.598. The highest BCUT2D eigenvalue weighted by molar-refractivity contribution is 6.34. The number of rotatable bonds is 6. The van der Waals surface area contributed by atoms with Crippen LogP contribution in [0.2, 0.25) is 5.02 Å². The number of amides is 1. The summed E-state index contributed by atoms with van der Waals surface area (Å²) in [4.78, 5) is 11.9. The van der Waals surface area contributed by atoms with Crippen LogP contribution in [0.15, 0.2) is 18.2 Å². The zero-order valence-corrected chi connectivity index (χ0v) is 12.0. The molecule has 0 aromatic heterocycles. The maximum Gasteiger partial charge on any atom is 0.253 e. The van der Waals surface area contributed by atoms with Gasteiger partial charge in [-0.2, -0.15) is 0 Å². The zero-order chi connectivity index (χ0) is 14.4. The van der Waals surface area contributed by atoms with Crippen LogP contribution in [0, 0.1) is 0 Å². The van der Waals surface area contributed by atoms with Gasteiger partial charge in [-0.25, -0.2) is 0 Å². The van der Waals surface area contributed by atoms with E-state index >= 15 is 0 Å². The Bertz CT molecular complexity index is 440. The van der Waals surface area contributed by atoms with Gasteiger partial charge in [0.1, 0.15) is 6.10 Å². The maximum absolute atomic E-state index is 11.9. The molecule has 1 rings (SSSR count). The first-order chi connectivity index (χ1) is 8.93. The SMILES string of the molecule is COCC(C)OC(C)C(=O)Nc1ccc(N)cc1Cl. The quantitative estimate of drug-likeness (QED) is 0.787. The third kappa shape index (κ3) is 5.06. The Morgan fingerprint density at radius 2 is 2.16 bits per heavy atom. The van der Waals surface area contributed by atoms with Gasteiger partial charge in [0.25, 0.3) is 5.91 Å². The smallest absolute Gasteiger partial charge is 0.253 e. The van der Waals surface area contributed by atoms with Gasteiger partial charge in [-0.3, -0.25) is 4.79 Å². The molecule has 1 aromatic carbocycles. The molecule has 0 heterocycles. The fourth-order valence-electron chi connectivity index (χ4n) is 1.55. The molecule has 0 bridgehead atoms. The lowest BCUT2D eigenvalue weighted by atomic mass is 10.2. The Morgan fingerprint density at radius 3 is 2.74 bits per heavy atom. The lowest BCUT2D eigenvalue weighted by Crippen LogP contribution is -2.32. The van der Waals surface area contributed by atoms with Gasteiger partial charge in [-0.1, -0.05) is 11.6 Å². The topological polar surface area (TPSA) is 73.6 Å². The molecule has 19 heavy (non-hydrogen) atoms. The second-order valence-corrected chi connectivity index (χ2v) is 4.68. The number of nitrogen functional groups attached to an aromatic ring is 1. The predicted octanol–water partition coefficient (Wildman–Crippen LogP) is 2.30. The molecule has 0 spiro atoms. The van der Waals surface area contributed by atoms with Crippen molar-refractivity contribution in [3.05, 3.63) is 23.2 Å². The van der Waals surface area contributed by atoms with Crippen LogP contribution in [-0.2, 0) is 14.3 Å². The van der Waals surface area contributed by atoms with Crippen molar-refractivity contribution in [3.63, 3.8) is 0 Å². The van der Waals surface area contributed by atoms with Crippen LogP contribution >= 0.6 is 11.6 Å². The number of halogens is 1. The summed E-state index contributed by atoms with van der Waals surface area (Å²) in [6.07, 6.45) is -0.758. The Hall–Kier alpha value is -1.30. The summed E-state index contributed by atoms with van der Waals surface area (Å²) in [6, 6.07) is 4.90. The van der Waals surface area contributed by atoms with Gasteiger partial charge in [-0.15, -0.1) is 0 Å². The molecule has 0 aliphatic heterocycles. The molecule has 0 aliphatic rings. The molecule has 0 radical (unpaired) electrons. The number of carbonyl (C=O) groups is 1. The second kappa shape index (κ2) is 7.33. The molecule has 1 amide bonds. The number of nitrogens with two attached hydrogens (primary N) is 1. The average molecular weight is 287 g/mol. The maximum atomic E-state index is 11.9. The number of carbonyl (C=O) groups excluding carboxylic acids is 1. The van der Waals surface area contributed by atoms with Gasteiger partial charge in [0, 0.05) is 12.8 Å². The van der Waals surface area contributed by atoms with E-state index in [2.05, 4.69) is 5.32 Å². The van der Waals surface area contributed by atoms with Crippen molar-refractivity contribution in [1.29, 1.82) is 0 Å². The fraction of sp³-hybridized carbons (Fsp3) is 0.462. The number of hydrogen-bond acceptors (Lipinski definition) is 4. The fourth-order valence-corrected chi connectivity index (χ4v) is 1.79. The molecule has 1 aromatic rings. The number of nitrogens with one attached hydrogen (secondary N) is 1. The number of ether oxygens (including phenoxy) is 2. The highest BCUT2D eigenvalue weighted by Crippen LogP contribution is 2.24. The molecule has 6 heteroatoms. The van der Waals surface area contributed by atoms with Crippen molar-refractivity contribution >= 4 is 28.9 Å². The van der Waals surface area contributed by atoms with Gasteiger partial charge < -0.3 is 20.5 Å². The van der Waals surface area contributed by atoms with E-state index in [0.717, 1.165) is 0 Å². The van der Waals surface area contributed by atoms with Crippen LogP contribution in [0.5, 0.6) is 0 Å². The van der Waals surface area contributed by atoms with Crippen LogP contribution in [0.1, 0.15) is 13.8 Å². The van der Waals surface area contributed by atoms with E-state index in [0.29, 0.717) is 23.0 Å². The van der Waals surface area contributed by atoms with Gasteiger partial charge >= 0.3 is 0 Å². The van der Waals surface area contributed by atoms with Crippen LogP contribution < -0.4 is 11.1 Å². The minimum absolute atomic E-state index is 0.160. The van der Waals surface area contributed by atoms with Crippen LogP contribution in [0.4, 0.5) is 11.4 Å². The minimum Gasteiger partial charge on any atom is -0.399 e. The monoisotopic (exact) mass is 286 g/mol. The largest absolute Gasteiger partial charge is 0.399 e. The summed E-state index contributed by atoms with van der Waals surface area (Å²) in [5.74, 6) is -0.269. The Kier molecular flexibility index (Phi) is 6.08. The molecular formula is C13H19ClN2O3. The zero-order valence-electron chi connectivity index (χ0n) is 11.3. The third-order valence-corrected chi connectivity index (χ3v) is 2.77. The first kappa shape index (κ1) is 15.8. The highest BCUT2D eigenvalue weighted by Gasteiger charge is 2.17.